The zero-order valence-electron chi connectivity index (χ0n) is 6.45. The number of carboxylic acid groups (broad SMARTS) is 1. The molecule has 0 bridgehead atoms. The van der Waals surface area contributed by atoms with Gasteiger partial charge in [0.25, 0.3) is 0 Å². The molecule has 1 aromatic carbocycles. The number of hydrogen-bond acceptors (Lipinski definition) is 3. The molecule has 0 radical (unpaired) electrons. The molecule has 4 heteroatoms. The van der Waals surface area contributed by atoms with E-state index in [0.29, 0.717) is 5.69 Å². The van der Waals surface area contributed by atoms with Crippen LogP contribution < -0.4 is 11.1 Å². The second kappa shape index (κ2) is 3.73. The molecule has 64 valence electrons. The van der Waals surface area contributed by atoms with Gasteiger partial charge in [-0.3, -0.25) is 0 Å². The maximum Gasteiger partial charge on any atom is 0.337 e. The molecule has 4 nitrogen and oxygen atoms in total. The van der Waals surface area contributed by atoms with E-state index in [-0.39, 0.29) is 12.2 Å². The number of benzene rings is 1. The van der Waals surface area contributed by atoms with Gasteiger partial charge in [-0.05, 0) is 12.1 Å². The van der Waals surface area contributed by atoms with Crippen LogP contribution in [-0.2, 0) is 0 Å². The van der Waals surface area contributed by atoms with Crippen LogP contribution in [0.1, 0.15) is 10.4 Å². The zero-order valence-corrected chi connectivity index (χ0v) is 6.45. The number of aromatic carboxylic acids is 1. The van der Waals surface area contributed by atoms with E-state index in [1.165, 1.54) is 6.07 Å². The normalized spacial score (nSPS) is 9.42. The Balaban J connectivity index is 3.00. The summed E-state index contributed by atoms with van der Waals surface area (Å²) in [5.74, 6) is -0.952. The van der Waals surface area contributed by atoms with Crippen molar-refractivity contribution < 1.29 is 9.90 Å². The first kappa shape index (κ1) is 8.55. The zero-order chi connectivity index (χ0) is 8.97. The predicted octanol–water partition coefficient (Wildman–Crippen LogP) is 0.713. The van der Waals surface area contributed by atoms with Crippen LogP contribution in [0.15, 0.2) is 24.3 Å². The lowest BCUT2D eigenvalue weighted by Gasteiger charge is -2.05. The molecule has 0 aliphatic rings. The van der Waals surface area contributed by atoms with Crippen molar-refractivity contribution in [1.29, 1.82) is 0 Å². The van der Waals surface area contributed by atoms with Crippen LogP contribution in [-0.4, -0.2) is 17.7 Å². The molecule has 1 rings (SSSR count). The van der Waals surface area contributed by atoms with E-state index in [9.17, 15) is 4.79 Å². The van der Waals surface area contributed by atoms with E-state index < -0.39 is 5.97 Å². The van der Waals surface area contributed by atoms with E-state index in [1.54, 1.807) is 18.2 Å². The van der Waals surface area contributed by atoms with Crippen LogP contribution in [0.5, 0.6) is 0 Å². The Morgan fingerprint density at radius 3 is 2.75 bits per heavy atom. The Kier molecular flexibility index (Phi) is 2.66. The molecule has 1 aromatic rings. The SMILES string of the molecule is NCNc1ccccc1C(=O)O. The molecule has 0 heterocycles. The Morgan fingerprint density at radius 2 is 2.17 bits per heavy atom. The molecule has 0 aromatic heterocycles. The summed E-state index contributed by atoms with van der Waals surface area (Å²) in [6.45, 7) is 0.226. The molecule has 4 N–H and O–H groups in total. The summed E-state index contributed by atoms with van der Waals surface area (Å²) in [6, 6.07) is 6.63. The van der Waals surface area contributed by atoms with Crippen molar-refractivity contribution in [3.8, 4) is 0 Å². The highest BCUT2D eigenvalue weighted by Crippen LogP contribution is 2.13. The van der Waals surface area contributed by atoms with E-state index >= 15 is 0 Å². The van der Waals surface area contributed by atoms with Crippen LogP contribution in [0.3, 0.4) is 0 Å². The monoisotopic (exact) mass is 166 g/mol. The minimum absolute atomic E-state index is 0.226. The van der Waals surface area contributed by atoms with Crippen LogP contribution in [0.4, 0.5) is 5.69 Å². The average molecular weight is 166 g/mol. The van der Waals surface area contributed by atoms with Gasteiger partial charge in [0, 0.05) is 5.69 Å². The van der Waals surface area contributed by atoms with Gasteiger partial charge in [-0.15, -0.1) is 0 Å². The van der Waals surface area contributed by atoms with E-state index in [0.717, 1.165) is 0 Å². The fourth-order valence-corrected chi connectivity index (χ4v) is 0.934. The average Bonchev–Trinajstić information content (AvgIpc) is 2.05. The third kappa shape index (κ3) is 1.73. The predicted molar refractivity (Wildman–Crippen MR) is 46.1 cm³/mol. The van der Waals surface area contributed by atoms with Crippen LogP contribution >= 0.6 is 0 Å². The van der Waals surface area contributed by atoms with E-state index in [1.807, 2.05) is 0 Å². The highest BCUT2D eigenvalue weighted by atomic mass is 16.4. The van der Waals surface area contributed by atoms with Crippen molar-refractivity contribution in [1.82, 2.24) is 0 Å². The van der Waals surface area contributed by atoms with Gasteiger partial charge in [0.1, 0.15) is 0 Å². The van der Waals surface area contributed by atoms with Gasteiger partial charge in [0.2, 0.25) is 0 Å². The Hall–Kier alpha value is -1.55. The van der Waals surface area contributed by atoms with Crippen molar-refractivity contribution in [2.75, 3.05) is 12.0 Å². The van der Waals surface area contributed by atoms with Crippen molar-refractivity contribution >= 4 is 11.7 Å². The summed E-state index contributed by atoms with van der Waals surface area (Å²) in [5.41, 5.74) is 6.01. The van der Waals surface area contributed by atoms with E-state index in [4.69, 9.17) is 10.8 Å². The number of nitrogens with two attached hydrogens (primary N) is 1. The van der Waals surface area contributed by atoms with Crippen LogP contribution in [0.25, 0.3) is 0 Å². The molecule has 0 atom stereocenters. The maximum absolute atomic E-state index is 10.6. The molecule has 0 saturated heterocycles. The van der Waals surface area contributed by atoms with Gasteiger partial charge in [-0.25, -0.2) is 4.79 Å². The largest absolute Gasteiger partial charge is 0.478 e. The molecule has 0 spiro atoms. The minimum atomic E-state index is -0.952. The molecule has 0 aliphatic heterocycles. The van der Waals surface area contributed by atoms with Gasteiger partial charge < -0.3 is 16.2 Å². The highest BCUT2D eigenvalue weighted by Gasteiger charge is 2.06. The number of para-hydroxylation sites is 1. The molecular formula is C8H10N2O2. The molecule has 0 amide bonds. The Morgan fingerprint density at radius 1 is 1.50 bits per heavy atom. The summed E-state index contributed by atoms with van der Waals surface area (Å²) in [6.07, 6.45) is 0. The summed E-state index contributed by atoms with van der Waals surface area (Å²) < 4.78 is 0. The van der Waals surface area contributed by atoms with E-state index in [2.05, 4.69) is 5.32 Å². The van der Waals surface area contributed by atoms with Gasteiger partial charge >= 0.3 is 5.97 Å². The molecule has 12 heavy (non-hydrogen) atoms. The van der Waals surface area contributed by atoms with Crippen molar-refractivity contribution in [2.45, 2.75) is 0 Å². The lowest BCUT2D eigenvalue weighted by molar-refractivity contribution is 0.0698. The van der Waals surface area contributed by atoms with Crippen molar-refractivity contribution in [2.24, 2.45) is 5.73 Å². The second-order valence-electron chi connectivity index (χ2n) is 2.23. The Labute approximate surface area is 70.0 Å². The second-order valence-corrected chi connectivity index (χ2v) is 2.23. The molecule has 0 aliphatic carbocycles. The Bertz CT molecular complexity index is 286. The molecule has 0 unspecified atom stereocenters. The number of hydrogen-bond donors (Lipinski definition) is 3. The first-order valence-corrected chi connectivity index (χ1v) is 3.52. The smallest absolute Gasteiger partial charge is 0.337 e. The van der Waals surface area contributed by atoms with Gasteiger partial charge in [0.05, 0.1) is 12.2 Å². The van der Waals surface area contributed by atoms with Crippen molar-refractivity contribution in [3.63, 3.8) is 0 Å². The molecule has 0 fully saturated rings. The van der Waals surface area contributed by atoms with Crippen molar-refractivity contribution in [3.05, 3.63) is 29.8 Å². The quantitative estimate of drug-likeness (QED) is 0.578. The lowest BCUT2D eigenvalue weighted by Crippen LogP contribution is -2.13. The number of rotatable bonds is 3. The standard InChI is InChI=1S/C8H10N2O2/c9-5-10-7-4-2-1-3-6(7)8(11)12/h1-4,10H,5,9H2,(H,11,12). The van der Waals surface area contributed by atoms with Crippen LogP contribution in [0, 0.1) is 0 Å². The fourth-order valence-electron chi connectivity index (χ4n) is 0.934. The minimum Gasteiger partial charge on any atom is -0.478 e. The topological polar surface area (TPSA) is 75.3 Å². The number of anilines is 1. The highest BCUT2D eigenvalue weighted by molar-refractivity contribution is 5.94. The van der Waals surface area contributed by atoms with Gasteiger partial charge in [-0.1, -0.05) is 12.1 Å². The maximum atomic E-state index is 10.6. The molecular weight excluding hydrogens is 156 g/mol. The summed E-state index contributed by atoms with van der Waals surface area (Å²) in [5, 5.41) is 11.5. The van der Waals surface area contributed by atoms with Gasteiger partial charge in [0.15, 0.2) is 0 Å². The third-order valence-electron chi connectivity index (χ3n) is 1.45. The summed E-state index contributed by atoms with van der Waals surface area (Å²) in [4.78, 5) is 10.6. The third-order valence-corrected chi connectivity index (χ3v) is 1.45. The fraction of sp³-hybridized carbons (Fsp3) is 0.125. The van der Waals surface area contributed by atoms with Gasteiger partial charge in [-0.2, -0.15) is 0 Å². The first-order chi connectivity index (χ1) is 5.75. The number of nitrogens with one attached hydrogen (secondary N) is 1. The lowest BCUT2D eigenvalue weighted by atomic mass is 10.2. The first-order valence-electron chi connectivity index (χ1n) is 3.52. The number of carbonyl (C=O) groups is 1. The summed E-state index contributed by atoms with van der Waals surface area (Å²) >= 11 is 0. The number of carboxylic acids is 1. The van der Waals surface area contributed by atoms with Crippen LogP contribution in [0.2, 0.25) is 0 Å². The molecule has 0 saturated carbocycles. The summed E-state index contributed by atoms with van der Waals surface area (Å²) in [7, 11) is 0.